The highest BCUT2D eigenvalue weighted by Crippen LogP contribution is 2.41. The number of fused-ring (bicyclic) bond motifs is 3. The molecule has 4 heterocycles. The number of hydrogen-bond acceptors (Lipinski definition) is 3. The lowest BCUT2D eigenvalue weighted by Crippen LogP contribution is -2.46. The smallest absolute Gasteiger partial charge is 0.160 e. The first-order valence-electron chi connectivity index (χ1n) is 7.27. The lowest BCUT2D eigenvalue weighted by molar-refractivity contribution is 0.0839. The zero-order chi connectivity index (χ0) is 12.4. The number of unbranched alkanes of at least 4 members (excludes halogenated alkanes) is 1. The Morgan fingerprint density at radius 1 is 1.44 bits per heavy atom. The molecule has 0 spiro atoms. The Labute approximate surface area is 109 Å². The highest BCUT2D eigenvalue weighted by Gasteiger charge is 2.37. The van der Waals surface area contributed by atoms with Gasteiger partial charge >= 0.3 is 0 Å². The standard InChI is InChI=1S/C14H23N3O/c1-2-3-8-18-13-9-15-16-14(13)12-10-17-6-4-11(12)5-7-17/h9,11-12H,2-8,10H2,1H3,(H,15,16). The van der Waals surface area contributed by atoms with E-state index in [9.17, 15) is 0 Å². The van der Waals surface area contributed by atoms with Gasteiger partial charge in [-0.25, -0.2) is 0 Å². The Kier molecular flexibility index (Phi) is 3.55. The average Bonchev–Trinajstić information content (AvgIpc) is 2.89. The number of ether oxygens (including phenoxy) is 1. The van der Waals surface area contributed by atoms with E-state index in [0.29, 0.717) is 5.92 Å². The maximum atomic E-state index is 5.87. The molecule has 1 unspecified atom stereocenters. The van der Waals surface area contributed by atoms with Gasteiger partial charge in [0.25, 0.3) is 0 Å². The first-order chi connectivity index (χ1) is 8.88. The Bertz CT molecular complexity index is 382. The van der Waals surface area contributed by atoms with E-state index >= 15 is 0 Å². The summed E-state index contributed by atoms with van der Waals surface area (Å²) in [5.74, 6) is 2.41. The zero-order valence-corrected chi connectivity index (χ0v) is 11.2. The number of aromatic amines is 1. The van der Waals surface area contributed by atoms with Crippen LogP contribution >= 0.6 is 0 Å². The Morgan fingerprint density at radius 2 is 2.28 bits per heavy atom. The summed E-state index contributed by atoms with van der Waals surface area (Å²) >= 11 is 0. The lowest BCUT2D eigenvalue weighted by atomic mass is 9.77. The summed E-state index contributed by atoms with van der Waals surface area (Å²) < 4.78 is 5.87. The maximum absolute atomic E-state index is 5.87. The Balaban J connectivity index is 1.70. The monoisotopic (exact) mass is 249 g/mol. The summed E-state index contributed by atoms with van der Waals surface area (Å²) in [7, 11) is 0. The SMILES string of the molecule is CCCCOc1cn[nH]c1C1CN2CCC1CC2. The molecule has 0 aliphatic carbocycles. The number of aromatic nitrogens is 2. The number of nitrogens with zero attached hydrogens (tertiary/aromatic N) is 2. The highest BCUT2D eigenvalue weighted by atomic mass is 16.5. The van der Waals surface area contributed by atoms with E-state index in [1.54, 1.807) is 0 Å². The first-order valence-corrected chi connectivity index (χ1v) is 7.27. The fourth-order valence-corrected chi connectivity index (χ4v) is 3.28. The van der Waals surface area contributed by atoms with E-state index in [1.807, 2.05) is 6.20 Å². The summed E-state index contributed by atoms with van der Waals surface area (Å²) in [4.78, 5) is 2.57. The van der Waals surface area contributed by atoms with Crippen LogP contribution in [0.4, 0.5) is 0 Å². The minimum Gasteiger partial charge on any atom is -0.490 e. The largest absolute Gasteiger partial charge is 0.490 e. The predicted octanol–water partition coefficient (Wildman–Crippen LogP) is 2.40. The number of rotatable bonds is 5. The molecule has 3 aliphatic heterocycles. The second-order valence-corrected chi connectivity index (χ2v) is 5.59. The second kappa shape index (κ2) is 5.31. The molecule has 1 atom stereocenters. The van der Waals surface area contributed by atoms with Crippen LogP contribution in [0.3, 0.4) is 0 Å². The Hall–Kier alpha value is -1.03. The molecule has 0 radical (unpaired) electrons. The van der Waals surface area contributed by atoms with Crippen LogP contribution in [0.1, 0.15) is 44.2 Å². The van der Waals surface area contributed by atoms with Gasteiger partial charge in [0, 0.05) is 12.5 Å². The second-order valence-electron chi connectivity index (χ2n) is 5.59. The van der Waals surface area contributed by atoms with E-state index in [-0.39, 0.29) is 0 Å². The van der Waals surface area contributed by atoms with Gasteiger partial charge in [0.2, 0.25) is 0 Å². The highest BCUT2D eigenvalue weighted by molar-refractivity contribution is 5.29. The van der Waals surface area contributed by atoms with Crippen molar-refractivity contribution in [2.75, 3.05) is 26.2 Å². The van der Waals surface area contributed by atoms with E-state index in [4.69, 9.17) is 4.74 Å². The van der Waals surface area contributed by atoms with Crippen molar-refractivity contribution in [2.45, 2.75) is 38.5 Å². The number of piperidine rings is 3. The van der Waals surface area contributed by atoms with Crippen LogP contribution in [0.5, 0.6) is 5.75 Å². The van der Waals surface area contributed by atoms with Crippen molar-refractivity contribution in [3.8, 4) is 5.75 Å². The minimum atomic E-state index is 0.603. The summed E-state index contributed by atoms with van der Waals surface area (Å²) in [6.07, 6.45) is 6.80. The minimum absolute atomic E-state index is 0.603. The number of hydrogen-bond donors (Lipinski definition) is 1. The molecule has 2 bridgehead atoms. The van der Waals surface area contributed by atoms with Gasteiger partial charge in [-0.2, -0.15) is 5.10 Å². The van der Waals surface area contributed by atoms with Crippen molar-refractivity contribution < 1.29 is 4.74 Å². The molecule has 4 nitrogen and oxygen atoms in total. The van der Waals surface area contributed by atoms with Crippen LogP contribution in [0.2, 0.25) is 0 Å². The molecule has 0 aromatic carbocycles. The van der Waals surface area contributed by atoms with Crippen molar-refractivity contribution in [1.29, 1.82) is 0 Å². The third-order valence-electron chi connectivity index (χ3n) is 4.41. The van der Waals surface area contributed by atoms with Crippen LogP contribution < -0.4 is 4.74 Å². The van der Waals surface area contributed by atoms with Crippen molar-refractivity contribution in [2.24, 2.45) is 5.92 Å². The summed E-state index contributed by atoms with van der Waals surface area (Å²) in [5.41, 5.74) is 1.24. The van der Waals surface area contributed by atoms with Crippen LogP contribution in [-0.2, 0) is 0 Å². The zero-order valence-electron chi connectivity index (χ0n) is 11.2. The predicted molar refractivity (Wildman–Crippen MR) is 70.9 cm³/mol. The molecule has 0 amide bonds. The van der Waals surface area contributed by atoms with Crippen LogP contribution in [0.25, 0.3) is 0 Å². The normalized spacial score (nSPS) is 30.6. The molecule has 0 saturated carbocycles. The third-order valence-corrected chi connectivity index (χ3v) is 4.41. The van der Waals surface area contributed by atoms with Crippen LogP contribution in [-0.4, -0.2) is 41.3 Å². The first kappa shape index (κ1) is 12.0. The molecule has 3 saturated heterocycles. The van der Waals surface area contributed by atoms with Gasteiger partial charge in [0.15, 0.2) is 5.75 Å². The van der Waals surface area contributed by atoms with Crippen LogP contribution in [0, 0.1) is 5.92 Å². The fourth-order valence-electron chi connectivity index (χ4n) is 3.28. The van der Waals surface area contributed by atoms with Gasteiger partial charge in [-0.05, 0) is 38.3 Å². The third kappa shape index (κ3) is 2.26. The molecular formula is C14H23N3O. The van der Waals surface area contributed by atoms with Gasteiger partial charge in [0.05, 0.1) is 18.5 Å². The summed E-state index contributed by atoms with van der Waals surface area (Å²) in [6.45, 7) is 6.73. The number of H-pyrrole nitrogens is 1. The van der Waals surface area contributed by atoms with Crippen molar-refractivity contribution in [1.82, 2.24) is 15.1 Å². The lowest BCUT2D eigenvalue weighted by Gasteiger charge is -2.44. The van der Waals surface area contributed by atoms with Crippen LogP contribution in [0.15, 0.2) is 6.20 Å². The molecular weight excluding hydrogens is 226 g/mol. The Morgan fingerprint density at radius 3 is 2.94 bits per heavy atom. The molecule has 1 N–H and O–H groups in total. The van der Waals surface area contributed by atoms with Gasteiger partial charge in [-0.3, -0.25) is 5.10 Å². The van der Waals surface area contributed by atoms with Gasteiger partial charge in [-0.1, -0.05) is 13.3 Å². The van der Waals surface area contributed by atoms with E-state index in [1.165, 1.54) is 44.6 Å². The molecule has 18 heavy (non-hydrogen) atoms. The summed E-state index contributed by atoms with van der Waals surface area (Å²) in [6, 6.07) is 0. The molecule has 100 valence electrons. The van der Waals surface area contributed by atoms with Crippen molar-refractivity contribution >= 4 is 0 Å². The summed E-state index contributed by atoms with van der Waals surface area (Å²) in [5, 5.41) is 7.38. The topological polar surface area (TPSA) is 41.1 Å². The van der Waals surface area contributed by atoms with E-state index in [0.717, 1.165) is 24.7 Å². The van der Waals surface area contributed by atoms with E-state index < -0.39 is 0 Å². The molecule has 1 aromatic heterocycles. The quantitative estimate of drug-likeness (QED) is 0.815. The maximum Gasteiger partial charge on any atom is 0.160 e. The molecule has 4 rings (SSSR count). The van der Waals surface area contributed by atoms with E-state index in [2.05, 4.69) is 22.0 Å². The molecule has 3 aliphatic rings. The van der Waals surface area contributed by atoms with Gasteiger partial charge in [0.1, 0.15) is 0 Å². The van der Waals surface area contributed by atoms with Gasteiger partial charge in [-0.15, -0.1) is 0 Å². The van der Waals surface area contributed by atoms with Gasteiger partial charge < -0.3 is 9.64 Å². The number of nitrogens with one attached hydrogen (secondary N) is 1. The average molecular weight is 249 g/mol. The molecule has 4 heteroatoms. The fraction of sp³-hybridized carbons (Fsp3) is 0.786. The van der Waals surface area contributed by atoms with Crippen molar-refractivity contribution in [3.63, 3.8) is 0 Å². The molecule has 3 fully saturated rings. The molecule has 1 aromatic rings. The van der Waals surface area contributed by atoms with Crippen molar-refractivity contribution in [3.05, 3.63) is 11.9 Å².